The monoisotopic (exact) mass is 229 g/mol. The predicted octanol–water partition coefficient (Wildman–Crippen LogP) is 3.23. The summed E-state index contributed by atoms with van der Waals surface area (Å²) in [5, 5.41) is 20.1. The molecule has 2 nitrogen and oxygen atoms in total. The Kier molecular flexibility index (Phi) is 2.97. The third kappa shape index (κ3) is 2.08. The van der Waals surface area contributed by atoms with E-state index in [1.807, 2.05) is 44.2 Å². The van der Waals surface area contributed by atoms with Crippen LogP contribution < -0.4 is 0 Å². The van der Waals surface area contributed by atoms with Crippen molar-refractivity contribution < 1.29 is 5.11 Å². The third-order valence-electron chi connectivity index (χ3n) is 4.03. The van der Waals surface area contributed by atoms with E-state index in [0.29, 0.717) is 0 Å². The molecule has 1 N–H and O–H groups in total. The lowest BCUT2D eigenvalue weighted by atomic mass is 9.59. The van der Waals surface area contributed by atoms with Gasteiger partial charge in [0.05, 0.1) is 17.1 Å². The normalized spacial score (nSPS) is 37.4. The number of hydrogen-bond donors (Lipinski definition) is 1. The Bertz CT molecular complexity index is 432. The molecule has 1 aromatic carbocycles. The van der Waals surface area contributed by atoms with Gasteiger partial charge in [-0.05, 0) is 38.7 Å². The van der Waals surface area contributed by atoms with E-state index in [2.05, 4.69) is 6.07 Å². The fourth-order valence-corrected chi connectivity index (χ4v) is 3.28. The summed E-state index contributed by atoms with van der Waals surface area (Å²) in [5.74, 6) is -0.102. The fourth-order valence-electron chi connectivity index (χ4n) is 3.28. The Morgan fingerprint density at radius 1 is 1.24 bits per heavy atom. The average molecular weight is 229 g/mol. The van der Waals surface area contributed by atoms with Gasteiger partial charge in [0.2, 0.25) is 0 Å². The summed E-state index contributed by atoms with van der Waals surface area (Å²) < 4.78 is 0. The maximum atomic E-state index is 10.6. The molecule has 0 bridgehead atoms. The van der Waals surface area contributed by atoms with Crippen molar-refractivity contribution in [1.29, 1.82) is 5.26 Å². The summed E-state index contributed by atoms with van der Waals surface area (Å²) in [6.45, 7) is 3.83. The first-order valence-corrected chi connectivity index (χ1v) is 6.18. The molecule has 0 radical (unpaired) electrons. The van der Waals surface area contributed by atoms with Crippen molar-refractivity contribution in [2.24, 2.45) is 5.41 Å². The summed E-state index contributed by atoms with van der Waals surface area (Å²) in [6, 6.07) is 12.4. The van der Waals surface area contributed by atoms with E-state index in [1.165, 1.54) is 0 Å². The van der Waals surface area contributed by atoms with E-state index < -0.39 is 11.0 Å². The van der Waals surface area contributed by atoms with Crippen LogP contribution in [0.5, 0.6) is 0 Å². The first-order chi connectivity index (χ1) is 7.99. The van der Waals surface area contributed by atoms with Crippen molar-refractivity contribution in [3.8, 4) is 6.07 Å². The lowest BCUT2D eigenvalue weighted by Gasteiger charge is -2.46. The zero-order chi connectivity index (χ0) is 12.5. The van der Waals surface area contributed by atoms with Crippen molar-refractivity contribution in [2.75, 3.05) is 0 Å². The van der Waals surface area contributed by atoms with Gasteiger partial charge in [-0.25, -0.2) is 0 Å². The molecule has 0 amide bonds. The Balaban J connectivity index is 2.48. The van der Waals surface area contributed by atoms with Gasteiger partial charge in [0.1, 0.15) is 0 Å². The number of hydrogen-bond acceptors (Lipinski definition) is 2. The van der Waals surface area contributed by atoms with Crippen molar-refractivity contribution in [3.05, 3.63) is 35.9 Å². The summed E-state index contributed by atoms with van der Waals surface area (Å²) in [5.41, 5.74) is -0.186. The van der Waals surface area contributed by atoms with Crippen LogP contribution in [0.1, 0.15) is 44.6 Å². The van der Waals surface area contributed by atoms with E-state index in [0.717, 1.165) is 24.8 Å². The van der Waals surface area contributed by atoms with Crippen LogP contribution in [0.25, 0.3) is 0 Å². The molecule has 2 rings (SSSR count). The van der Waals surface area contributed by atoms with Crippen molar-refractivity contribution >= 4 is 0 Å². The molecule has 0 aliphatic heterocycles. The third-order valence-corrected chi connectivity index (χ3v) is 4.03. The Labute approximate surface area is 103 Å². The van der Waals surface area contributed by atoms with Crippen LogP contribution in [0.15, 0.2) is 30.3 Å². The van der Waals surface area contributed by atoms with Gasteiger partial charge in [0.15, 0.2) is 0 Å². The van der Waals surface area contributed by atoms with E-state index >= 15 is 0 Å². The molecule has 0 aromatic heterocycles. The molecular weight excluding hydrogens is 210 g/mol. The summed E-state index contributed by atoms with van der Waals surface area (Å²) in [6.07, 6.45) is 2.55. The number of benzene rings is 1. The first kappa shape index (κ1) is 12.1. The Morgan fingerprint density at radius 3 is 2.47 bits per heavy atom. The van der Waals surface area contributed by atoms with Crippen molar-refractivity contribution in [3.63, 3.8) is 0 Å². The van der Waals surface area contributed by atoms with Gasteiger partial charge < -0.3 is 5.11 Å². The fraction of sp³-hybridized carbons (Fsp3) is 0.533. The smallest absolute Gasteiger partial charge is 0.0703 e. The molecule has 1 aliphatic rings. The quantitative estimate of drug-likeness (QED) is 0.803. The van der Waals surface area contributed by atoms with Crippen molar-refractivity contribution in [1.82, 2.24) is 0 Å². The van der Waals surface area contributed by atoms with Gasteiger partial charge in [-0.1, -0.05) is 30.3 Å². The maximum Gasteiger partial charge on any atom is 0.0703 e. The Morgan fingerprint density at radius 2 is 1.88 bits per heavy atom. The van der Waals surface area contributed by atoms with Crippen LogP contribution >= 0.6 is 0 Å². The molecular formula is C15H19NO. The summed E-state index contributed by atoms with van der Waals surface area (Å²) >= 11 is 0. The standard InChI is InChI=1S/C15H19NO/c1-14(11-16)9-6-10-15(2,17)13(14)12-7-4-3-5-8-12/h3-5,7-8,13,17H,6,9-10H2,1-2H3/t13-,14-,15+/m1/s1. The largest absolute Gasteiger partial charge is 0.389 e. The highest BCUT2D eigenvalue weighted by atomic mass is 16.3. The maximum absolute atomic E-state index is 10.6. The van der Waals surface area contributed by atoms with Crippen molar-refractivity contribution in [2.45, 2.75) is 44.6 Å². The lowest BCUT2D eigenvalue weighted by Crippen LogP contribution is -2.45. The number of aliphatic hydroxyl groups is 1. The van der Waals surface area contributed by atoms with Crippen LogP contribution in [0.4, 0.5) is 0 Å². The van der Waals surface area contributed by atoms with Crippen LogP contribution in [-0.4, -0.2) is 10.7 Å². The second-order valence-corrected chi connectivity index (χ2v) is 5.58. The van der Waals surface area contributed by atoms with Gasteiger partial charge in [0.25, 0.3) is 0 Å². The van der Waals surface area contributed by atoms with Gasteiger partial charge in [-0.15, -0.1) is 0 Å². The van der Waals surface area contributed by atoms with Gasteiger partial charge in [-0.2, -0.15) is 5.26 Å². The molecule has 0 unspecified atom stereocenters. The molecule has 17 heavy (non-hydrogen) atoms. The molecule has 0 saturated heterocycles. The van der Waals surface area contributed by atoms with Gasteiger partial charge >= 0.3 is 0 Å². The first-order valence-electron chi connectivity index (χ1n) is 6.18. The minimum Gasteiger partial charge on any atom is -0.389 e. The molecule has 3 atom stereocenters. The molecule has 2 heteroatoms. The van der Waals surface area contributed by atoms with Crippen LogP contribution in [0.3, 0.4) is 0 Å². The van der Waals surface area contributed by atoms with E-state index in [1.54, 1.807) is 0 Å². The number of nitriles is 1. The van der Waals surface area contributed by atoms with E-state index in [4.69, 9.17) is 0 Å². The highest BCUT2D eigenvalue weighted by molar-refractivity contribution is 5.29. The predicted molar refractivity (Wildman–Crippen MR) is 67.4 cm³/mol. The van der Waals surface area contributed by atoms with Gasteiger partial charge in [0, 0.05) is 5.92 Å². The average Bonchev–Trinajstić information content (AvgIpc) is 2.29. The Hall–Kier alpha value is -1.33. The molecule has 1 aromatic rings. The molecule has 1 saturated carbocycles. The SMILES string of the molecule is C[C@]1(O)CCC[C@](C)(C#N)[C@H]1c1ccccc1. The summed E-state index contributed by atoms with van der Waals surface area (Å²) in [4.78, 5) is 0. The van der Waals surface area contributed by atoms with Crippen LogP contribution in [0, 0.1) is 16.7 Å². The minimum absolute atomic E-state index is 0.102. The number of nitrogens with zero attached hydrogens (tertiary/aromatic N) is 1. The molecule has 0 spiro atoms. The van der Waals surface area contributed by atoms with Crippen LogP contribution in [-0.2, 0) is 0 Å². The molecule has 0 heterocycles. The zero-order valence-corrected chi connectivity index (χ0v) is 10.5. The molecule has 1 fully saturated rings. The highest BCUT2D eigenvalue weighted by Crippen LogP contribution is 2.51. The highest BCUT2D eigenvalue weighted by Gasteiger charge is 2.49. The second kappa shape index (κ2) is 4.16. The second-order valence-electron chi connectivity index (χ2n) is 5.58. The van der Waals surface area contributed by atoms with E-state index in [9.17, 15) is 10.4 Å². The van der Waals surface area contributed by atoms with Crippen LogP contribution in [0.2, 0.25) is 0 Å². The molecule has 90 valence electrons. The minimum atomic E-state index is -0.788. The molecule has 1 aliphatic carbocycles. The van der Waals surface area contributed by atoms with Gasteiger partial charge in [-0.3, -0.25) is 0 Å². The lowest BCUT2D eigenvalue weighted by molar-refractivity contribution is -0.0384. The van der Waals surface area contributed by atoms with E-state index in [-0.39, 0.29) is 5.92 Å². The zero-order valence-electron chi connectivity index (χ0n) is 10.5. The number of rotatable bonds is 1. The summed E-state index contributed by atoms with van der Waals surface area (Å²) in [7, 11) is 0. The topological polar surface area (TPSA) is 44.0 Å².